The summed E-state index contributed by atoms with van der Waals surface area (Å²) in [5.41, 5.74) is 2.71. The third-order valence-corrected chi connectivity index (χ3v) is 6.92. The van der Waals surface area contributed by atoms with Crippen molar-refractivity contribution in [1.82, 2.24) is 10.2 Å². The normalized spacial score (nSPS) is 12.6. The Kier molecular flexibility index (Phi) is 7.14. The van der Waals surface area contributed by atoms with E-state index in [4.69, 9.17) is 4.74 Å². The molecular formula is C25H26FN3O4S. The third-order valence-electron chi connectivity index (χ3n) is 5.51. The van der Waals surface area contributed by atoms with E-state index < -0.39 is 26.8 Å². The van der Waals surface area contributed by atoms with Crippen LogP contribution in [0.5, 0.6) is 5.75 Å². The Bertz CT molecular complexity index is 1390. The van der Waals surface area contributed by atoms with Crippen LogP contribution in [0.15, 0.2) is 71.6 Å². The van der Waals surface area contributed by atoms with Gasteiger partial charge in [0.1, 0.15) is 16.5 Å². The monoisotopic (exact) mass is 483 g/mol. The number of hydrogen-bond donors (Lipinski definition) is 3. The van der Waals surface area contributed by atoms with E-state index >= 15 is 0 Å². The molecule has 3 N–H and O–H groups in total. The number of sulfonamides is 1. The molecule has 0 fully saturated rings. The summed E-state index contributed by atoms with van der Waals surface area (Å²) in [7, 11) is -4.08. The minimum Gasteiger partial charge on any atom is -0.494 e. The highest BCUT2D eigenvalue weighted by molar-refractivity contribution is 7.92. The number of H-pyrrole nitrogens is 1. The number of aromatic nitrogens is 2. The maximum atomic E-state index is 13.9. The van der Waals surface area contributed by atoms with Crippen LogP contribution in [-0.4, -0.2) is 30.3 Å². The van der Waals surface area contributed by atoms with E-state index in [0.29, 0.717) is 18.6 Å². The molecule has 1 aromatic heterocycles. The number of fused-ring (bicyclic) bond motifs is 1. The summed E-state index contributed by atoms with van der Waals surface area (Å²) in [5.74, 6) is -0.0813. The van der Waals surface area contributed by atoms with Crippen LogP contribution in [0, 0.1) is 12.7 Å². The standard InChI is InChI=1S/C25H26FN3O4S/c1-17-21-13-12-20(16-23(21)28-27-17)33-14-5-4-10-24(30)18-7-6-8-19(15-18)29-34(31,32)25-11-3-2-9-22(25)26/h2-3,6-9,11-13,15-16,24,29-30H,4-5,10,14H2,1H3,(H,27,28)/t24-/m0/s1. The first-order valence-electron chi connectivity index (χ1n) is 11.0. The number of aromatic amines is 1. The molecule has 9 heteroatoms. The largest absolute Gasteiger partial charge is 0.494 e. The molecule has 0 bridgehead atoms. The molecule has 0 saturated heterocycles. The van der Waals surface area contributed by atoms with Crippen LogP contribution >= 0.6 is 0 Å². The molecule has 1 atom stereocenters. The van der Waals surface area contributed by atoms with Crippen molar-refractivity contribution in [1.29, 1.82) is 0 Å². The lowest BCUT2D eigenvalue weighted by Gasteiger charge is -2.14. The molecule has 34 heavy (non-hydrogen) atoms. The second-order valence-electron chi connectivity index (χ2n) is 8.05. The first kappa shape index (κ1) is 23.7. The van der Waals surface area contributed by atoms with Gasteiger partial charge in [-0.05, 0) is 68.1 Å². The number of benzene rings is 3. The Morgan fingerprint density at radius 3 is 2.74 bits per heavy atom. The summed E-state index contributed by atoms with van der Waals surface area (Å²) in [5, 5.41) is 18.8. The van der Waals surface area contributed by atoms with Gasteiger partial charge in [0.25, 0.3) is 10.0 Å². The Hall–Kier alpha value is -3.43. The number of aliphatic hydroxyl groups is 1. The summed E-state index contributed by atoms with van der Waals surface area (Å²) in [4.78, 5) is -0.428. The lowest BCUT2D eigenvalue weighted by atomic mass is 10.0. The average Bonchev–Trinajstić information content (AvgIpc) is 3.19. The van der Waals surface area contributed by atoms with Gasteiger partial charge in [-0.1, -0.05) is 24.3 Å². The number of nitrogens with one attached hydrogen (secondary N) is 2. The number of anilines is 1. The molecule has 4 aromatic rings. The Labute approximate surface area is 197 Å². The zero-order chi connectivity index (χ0) is 24.1. The molecule has 0 unspecified atom stereocenters. The van der Waals surface area contributed by atoms with Gasteiger partial charge in [0.05, 0.1) is 18.2 Å². The van der Waals surface area contributed by atoms with Crippen LogP contribution in [0.4, 0.5) is 10.1 Å². The van der Waals surface area contributed by atoms with Crippen molar-refractivity contribution < 1.29 is 22.7 Å². The summed E-state index contributed by atoms with van der Waals surface area (Å²) in [6, 6.07) is 17.4. The first-order chi connectivity index (χ1) is 16.3. The van der Waals surface area contributed by atoms with Gasteiger partial charge in [0, 0.05) is 22.8 Å². The van der Waals surface area contributed by atoms with E-state index in [2.05, 4.69) is 14.9 Å². The second kappa shape index (κ2) is 10.2. The minimum absolute atomic E-state index is 0.257. The summed E-state index contributed by atoms with van der Waals surface area (Å²) in [6.07, 6.45) is 1.19. The molecule has 4 rings (SSSR count). The van der Waals surface area contributed by atoms with E-state index in [0.717, 1.165) is 41.3 Å². The number of unbranched alkanes of at least 4 members (excludes halogenated alkanes) is 1. The molecule has 0 amide bonds. The number of hydrogen-bond acceptors (Lipinski definition) is 5. The van der Waals surface area contributed by atoms with Crippen molar-refractivity contribution in [3.63, 3.8) is 0 Å². The van der Waals surface area contributed by atoms with Gasteiger partial charge >= 0.3 is 0 Å². The third kappa shape index (κ3) is 5.55. The number of rotatable bonds is 10. The molecule has 0 aliphatic rings. The zero-order valence-electron chi connectivity index (χ0n) is 18.7. The highest BCUT2D eigenvalue weighted by Gasteiger charge is 2.19. The highest BCUT2D eigenvalue weighted by atomic mass is 32.2. The van der Waals surface area contributed by atoms with Crippen molar-refractivity contribution in [2.75, 3.05) is 11.3 Å². The van der Waals surface area contributed by atoms with Crippen LogP contribution in [0.3, 0.4) is 0 Å². The molecule has 0 radical (unpaired) electrons. The predicted molar refractivity (Wildman–Crippen MR) is 129 cm³/mol. The molecule has 0 aliphatic heterocycles. The highest BCUT2D eigenvalue weighted by Crippen LogP contribution is 2.25. The molecule has 7 nitrogen and oxygen atoms in total. The van der Waals surface area contributed by atoms with E-state index in [1.165, 1.54) is 18.2 Å². The predicted octanol–water partition coefficient (Wildman–Crippen LogP) is 5.09. The lowest BCUT2D eigenvalue weighted by Crippen LogP contribution is -2.14. The van der Waals surface area contributed by atoms with Crippen LogP contribution in [0.25, 0.3) is 10.9 Å². The molecule has 178 valence electrons. The summed E-state index contributed by atoms with van der Waals surface area (Å²) >= 11 is 0. The van der Waals surface area contributed by atoms with E-state index in [9.17, 15) is 17.9 Å². The van der Waals surface area contributed by atoms with Crippen molar-refractivity contribution in [3.05, 3.63) is 83.8 Å². The van der Waals surface area contributed by atoms with Gasteiger partial charge < -0.3 is 9.84 Å². The molecule has 1 heterocycles. The van der Waals surface area contributed by atoms with Gasteiger partial charge in [-0.15, -0.1) is 0 Å². The topological polar surface area (TPSA) is 104 Å². The maximum Gasteiger partial charge on any atom is 0.264 e. The Balaban J connectivity index is 1.28. The van der Waals surface area contributed by atoms with Crippen molar-refractivity contribution in [2.45, 2.75) is 37.2 Å². The van der Waals surface area contributed by atoms with Gasteiger partial charge in [0.2, 0.25) is 0 Å². The molecule has 0 saturated carbocycles. The molecular weight excluding hydrogens is 457 g/mol. The average molecular weight is 484 g/mol. The van der Waals surface area contributed by atoms with Gasteiger partial charge in [-0.2, -0.15) is 5.10 Å². The second-order valence-corrected chi connectivity index (χ2v) is 9.70. The summed E-state index contributed by atoms with van der Waals surface area (Å²) < 4.78 is 47.1. The fraction of sp³-hybridized carbons (Fsp3) is 0.240. The van der Waals surface area contributed by atoms with Crippen LogP contribution < -0.4 is 9.46 Å². The molecule has 0 aliphatic carbocycles. The number of nitrogens with zero attached hydrogens (tertiary/aromatic N) is 1. The fourth-order valence-electron chi connectivity index (χ4n) is 3.69. The zero-order valence-corrected chi connectivity index (χ0v) is 19.5. The van der Waals surface area contributed by atoms with Crippen LogP contribution in [0.1, 0.15) is 36.6 Å². The quantitative estimate of drug-likeness (QED) is 0.273. The number of halogens is 1. The van der Waals surface area contributed by atoms with Crippen molar-refractivity contribution >= 4 is 26.6 Å². The fourth-order valence-corrected chi connectivity index (χ4v) is 4.82. The van der Waals surface area contributed by atoms with Crippen molar-refractivity contribution in [3.8, 4) is 5.75 Å². The van der Waals surface area contributed by atoms with Crippen LogP contribution in [-0.2, 0) is 10.0 Å². The van der Waals surface area contributed by atoms with Crippen molar-refractivity contribution in [2.24, 2.45) is 0 Å². The lowest BCUT2D eigenvalue weighted by molar-refractivity contribution is 0.160. The minimum atomic E-state index is -4.08. The molecule has 0 spiro atoms. The maximum absolute atomic E-state index is 13.9. The van der Waals surface area contributed by atoms with E-state index in [-0.39, 0.29) is 5.69 Å². The smallest absolute Gasteiger partial charge is 0.264 e. The Morgan fingerprint density at radius 2 is 1.91 bits per heavy atom. The summed E-state index contributed by atoms with van der Waals surface area (Å²) in [6.45, 7) is 2.47. The van der Waals surface area contributed by atoms with E-state index in [1.54, 1.807) is 24.3 Å². The van der Waals surface area contributed by atoms with Gasteiger partial charge in [0.15, 0.2) is 0 Å². The van der Waals surface area contributed by atoms with Crippen LogP contribution in [0.2, 0.25) is 0 Å². The van der Waals surface area contributed by atoms with E-state index in [1.807, 2.05) is 25.1 Å². The number of aryl methyl sites for hydroxylation is 1. The van der Waals surface area contributed by atoms with Gasteiger partial charge in [-0.3, -0.25) is 9.82 Å². The Morgan fingerprint density at radius 1 is 1.09 bits per heavy atom. The molecule has 3 aromatic carbocycles. The SMILES string of the molecule is Cc1[nH]nc2cc(OCCCC[C@H](O)c3cccc(NS(=O)(=O)c4ccccc4F)c3)ccc12. The number of aliphatic hydroxyl groups excluding tert-OH is 1. The number of ether oxygens (including phenoxy) is 1. The van der Waals surface area contributed by atoms with Gasteiger partial charge in [-0.25, -0.2) is 12.8 Å². The first-order valence-corrected chi connectivity index (χ1v) is 12.4.